The summed E-state index contributed by atoms with van der Waals surface area (Å²) in [6.45, 7) is 7.87. The van der Waals surface area contributed by atoms with Crippen LogP contribution < -0.4 is 5.32 Å². The molecule has 1 rings (SSSR count). The van der Waals surface area contributed by atoms with Gasteiger partial charge in [-0.15, -0.1) is 6.58 Å². The third kappa shape index (κ3) is 2.84. The third-order valence-electron chi connectivity index (χ3n) is 1.99. The van der Waals surface area contributed by atoms with Crippen LogP contribution in [0.4, 0.5) is 5.82 Å². The number of hydrogen-bond donors (Lipinski definition) is 1. The molecule has 1 N–H and O–H groups in total. The van der Waals surface area contributed by atoms with Gasteiger partial charge in [-0.05, 0) is 47.8 Å². The zero-order chi connectivity index (χ0) is 10.6. The molecule has 0 aliphatic rings. The van der Waals surface area contributed by atoms with E-state index >= 15 is 0 Å². The van der Waals surface area contributed by atoms with E-state index in [4.69, 9.17) is 0 Å². The van der Waals surface area contributed by atoms with Crippen LogP contribution in [0.1, 0.15) is 18.9 Å². The van der Waals surface area contributed by atoms with Crippen molar-refractivity contribution in [1.82, 2.24) is 4.98 Å². The average molecular weight is 255 g/mol. The highest BCUT2D eigenvalue weighted by atomic mass is 79.9. The molecule has 14 heavy (non-hydrogen) atoms. The minimum atomic E-state index is 0.359. The van der Waals surface area contributed by atoms with E-state index in [0.717, 1.165) is 16.7 Å². The highest BCUT2D eigenvalue weighted by Crippen LogP contribution is 2.23. The molecular formula is C11H15BrN2. The lowest BCUT2D eigenvalue weighted by atomic mass is 10.2. The number of hydrogen-bond acceptors (Lipinski definition) is 2. The van der Waals surface area contributed by atoms with Crippen molar-refractivity contribution in [3.05, 3.63) is 35.0 Å². The lowest BCUT2D eigenvalue weighted by Gasteiger charge is -2.14. The highest BCUT2D eigenvalue weighted by Gasteiger charge is 2.06. The molecule has 0 spiro atoms. The van der Waals surface area contributed by atoms with Crippen molar-refractivity contribution in [3.8, 4) is 0 Å². The van der Waals surface area contributed by atoms with Crippen molar-refractivity contribution in [3.63, 3.8) is 0 Å². The fraction of sp³-hybridized carbons (Fsp3) is 0.364. The monoisotopic (exact) mass is 254 g/mol. The lowest BCUT2D eigenvalue weighted by Crippen LogP contribution is -2.15. The standard InChI is InChI=1S/C11H15BrN2/c1-4-5-9(3)14-11-10(12)8(2)6-7-13-11/h4,6-7,9H,1,5H2,2-3H3,(H,13,14). The molecule has 0 saturated heterocycles. The number of nitrogens with zero attached hydrogens (tertiary/aromatic N) is 1. The largest absolute Gasteiger partial charge is 0.366 e. The molecule has 0 amide bonds. The van der Waals surface area contributed by atoms with Crippen LogP contribution in [0.5, 0.6) is 0 Å². The van der Waals surface area contributed by atoms with Gasteiger partial charge in [-0.3, -0.25) is 0 Å². The van der Waals surface area contributed by atoms with Gasteiger partial charge < -0.3 is 5.32 Å². The van der Waals surface area contributed by atoms with Crippen molar-refractivity contribution < 1.29 is 0 Å². The summed E-state index contributed by atoms with van der Waals surface area (Å²) in [5, 5.41) is 3.32. The van der Waals surface area contributed by atoms with Gasteiger partial charge in [-0.2, -0.15) is 0 Å². The smallest absolute Gasteiger partial charge is 0.140 e. The number of halogens is 1. The van der Waals surface area contributed by atoms with Gasteiger partial charge in [0.15, 0.2) is 0 Å². The average Bonchev–Trinajstić information content (AvgIpc) is 2.13. The van der Waals surface area contributed by atoms with E-state index in [1.807, 2.05) is 18.3 Å². The maximum absolute atomic E-state index is 4.27. The van der Waals surface area contributed by atoms with Gasteiger partial charge in [0.25, 0.3) is 0 Å². The Hall–Kier alpha value is -0.830. The Morgan fingerprint density at radius 2 is 2.43 bits per heavy atom. The quantitative estimate of drug-likeness (QED) is 0.832. The lowest BCUT2D eigenvalue weighted by molar-refractivity contribution is 0.806. The fourth-order valence-corrected chi connectivity index (χ4v) is 1.53. The molecule has 1 aromatic rings. The van der Waals surface area contributed by atoms with Crippen LogP contribution in [0.2, 0.25) is 0 Å². The molecule has 1 unspecified atom stereocenters. The van der Waals surface area contributed by atoms with E-state index < -0.39 is 0 Å². The van der Waals surface area contributed by atoms with E-state index in [1.54, 1.807) is 0 Å². The van der Waals surface area contributed by atoms with E-state index in [9.17, 15) is 0 Å². The topological polar surface area (TPSA) is 24.9 Å². The fourth-order valence-electron chi connectivity index (χ4n) is 1.18. The predicted molar refractivity (Wildman–Crippen MR) is 64.6 cm³/mol. The summed E-state index contributed by atoms with van der Waals surface area (Å²) in [7, 11) is 0. The number of nitrogens with one attached hydrogen (secondary N) is 1. The summed E-state index contributed by atoms with van der Waals surface area (Å²) in [5.74, 6) is 0.902. The molecule has 0 aliphatic carbocycles. The first kappa shape index (κ1) is 11.2. The van der Waals surface area contributed by atoms with Crippen LogP contribution in [0.25, 0.3) is 0 Å². The van der Waals surface area contributed by atoms with Crippen LogP contribution >= 0.6 is 15.9 Å². The minimum absolute atomic E-state index is 0.359. The second-order valence-electron chi connectivity index (χ2n) is 3.36. The number of rotatable bonds is 4. The molecule has 0 saturated carbocycles. The minimum Gasteiger partial charge on any atom is -0.366 e. The molecule has 0 aliphatic heterocycles. The molecule has 0 fully saturated rings. The molecule has 1 heterocycles. The van der Waals surface area contributed by atoms with E-state index in [-0.39, 0.29) is 0 Å². The Kier molecular flexibility index (Phi) is 4.14. The molecule has 0 bridgehead atoms. The summed E-state index contributed by atoms with van der Waals surface area (Å²) in [6, 6.07) is 2.34. The maximum atomic E-state index is 4.27. The number of anilines is 1. The maximum Gasteiger partial charge on any atom is 0.140 e. The predicted octanol–water partition coefficient (Wildman–Crippen LogP) is 3.53. The van der Waals surface area contributed by atoms with Crippen molar-refractivity contribution in [2.45, 2.75) is 26.3 Å². The summed E-state index contributed by atoms with van der Waals surface area (Å²) in [6.07, 6.45) is 4.65. The highest BCUT2D eigenvalue weighted by molar-refractivity contribution is 9.10. The van der Waals surface area contributed by atoms with Crippen LogP contribution in [0.15, 0.2) is 29.4 Å². The zero-order valence-corrected chi connectivity index (χ0v) is 10.1. The van der Waals surface area contributed by atoms with E-state index in [1.165, 1.54) is 5.56 Å². The van der Waals surface area contributed by atoms with Crippen molar-refractivity contribution in [1.29, 1.82) is 0 Å². The zero-order valence-electron chi connectivity index (χ0n) is 8.55. The molecular weight excluding hydrogens is 240 g/mol. The second kappa shape index (κ2) is 5.15. The summed E-state index contributed by atoms with van der Waals surface area (Å²) >= 11 is 3.51. The SMILES string of the molecule is C=CCC(C)Nc1nccc(C)c1Br. The first-order chi connectivity index (χ1) is 6.65. The Balaban J connectivity index is 2.76. The molecule has 2 nitrogen and oxygen atoms in total. The Bertz CT molecular complexity index is 323. The molecule has 1 aromatic heterocycles. The van der Waals surface area contributed by atoms with Gasteiger partial charge in [0.2, 0.25) is 0 Å². The third-order valence-corrected chi connectivity index (χ3v) is 2.99. The molecule has 76 valence electrons. The van der Waals surface area contributed by atoms with Crippen molar-refractivity contribution in [2.75, 3.05) is 5.32 Å². The summed E-state index contributed by atoms with van der Waals surface area (Å²) < 4.78 is 1.04. The van der Waals surface area contributed by atoms with Crippen LogP contribution in [-0.2, 0) is 0 Å². The van der Waals surface area contributed by atoms with Crippen molar-refractivity contribution in [2.24, 2.45) is 0 Å². The number of pyridine rings is 1. The number of aromatic nitrogens is 1. The van der Waals surface area contributed by atoms with E-state index in [0.29, 0.717) is 6.04 Å². The first-order valence-electron chi connectivity index (χ1n) is 4.63. The first-order valence-corrected chi connectivity index (χ1v) is 5.43. The van der Waals surface area contributed by atoms with Crippen molar-refractivity contribution >= 4 is 21.7 Å². The Labute approximate surface area is 93.6 Å². The van der Waals surface area contributed by atoms with Gasteiger partial charge in [-0.1, -0.05) is 6.08 Å². The summed E-state index contributed by atoms with van der Waals surface area (Å²) in [5.41, 5.74) is 1.19. The molecule has 1 atom stereocenters. The molecule has 0 radical (unpaired) electrons. The normalized spacial score (nSPS) is 12.2. The van der Waals surface area contributed by atoms with E-state index in [2.05, 4.69) is 46.7 Å². The van der Waals surface area contributed by atoms with Gasteiger partial charge in [0, 0.05) is 12.2 Å². The van der Waals surface area contributed by atoms with Crippen LogP contribution in [-0.4, -0.2) is 11.0 Å². The summed E-state index contributed by atoms with van der Waals surface area (Å²) in [4.78, 5) is 4.27. The second-order valence-corrected chi connectivity index (χ2v) is 4.15. The van der Waals surface area contributed by atoms with Crippen LogP contribution in [0, 0.1) is 6.92 Å². The van der Waals surface area contributed by atoms with Gasteiger partial charge >= 0.3 is 0 Å². The Morgan fingerprint density at radius 1 is 1.71 bits per heavy atom. The Morgan fingerprint density at radius 3 is 3.07 bits per heavy atom. The van der Waals surface area contributed by atoms with Crippen LogP contribution in [0.3, 0.4) is 0 Å². The molecule has 3 heteroatoms. The van der Waals surface area contributed by atoms with Gasteiger partial charge in [0.05, 0.1) is 4.47 Å². The number of aryl methyl sites for hydroxylation is 1. The van der Waals surface area contributed by atoms with Gasteiger partial charge in [-0.25, -0.2) is 4.98 Å². The molecule has 0 aromatic carbocycles. The van der Waals surface area contributed by atoms with Gasteiger partial charge in [0.1, 0.15) is 5.82 Å².